The molecule has 1 aliphatic rings. The van der Waals surface area contributed by atoms with E-state index in [0.29, 0.717) is 23.6 Å². The Bertz CT molecular complexity index is 1410. The number of piperazine rings is 1. The average molecular weight is 504 g/mol. The van der Waals surface area contributed by atoms with Crippen LogP contribution < -0.4 is 15.4 Å². The highest BCUT2D eigenvalue weighted by Crippen LogP contribution is 2.32. The number of amides is 1. The lowest BCUT2D eigenvalue weighted by Crippen LogP contribution is -2.55. The number of methoxy groups -OCH3 is 1. The summed E-state index contributed by atoms with van der Waals surface area (Å²) in [6.45, 7) is 6.87. The van der Waals surface area contributed by atoms with E-state index in [1.165, 1.54) is 0 Å². The van der Waals surface area contributed by atoms with E-state index in [9.17, 15) is 4.79 Å². The lowest BCUT2D eigenvalue weighted by Gasteiger charge is -2.40. The van der Waals surface area contributed by atoms with Crippen LogP contribution in [0.5, 0.6) is 5.88 Å². The molecule has 1 amide bonds. The summed E-state index contributed by atoms with van der Waals surface area (Å²) in [6.07, 6.45) is 5.42. The Morgan fingerprint density at radius 3 is 2.84 bits per heavy atom. The van der Waals surface area contributed by atoms with E-state index >= 15 is 0 Å². The number of benzene rings is 1. The molecule has 37 heavy (non-hydrogen) atoms. The third kappa shape index (κ3) is 5.00. The van der Waals surface area contributed by atoms with Gasteiger partial charge >= 0.3 is 0 Å². The van der Waals surface area contributed by atoms with E-state index in [1.54, 1.807) is 24.2 Å². The number of anilines is 3. The fourth-order valence-electron chi connectivity index (χ4n) is 4.70. The summed E-state index contributed by atoms with van der Waals surface area (Å²) in [5.41, 5.74) is 3.93. The van der Waals surface area contributed by atoms with Gasteiger partial charge in [0.2, 0.25) is 11.9 Å². The number of hydrogen-bond acceptors (Lipinski definition) is 8. The molecular formula is C26H33N9O2. The maximum Gasteiger partial charge on any atom is 0.256 e. The number of nitrogens with zero attached hydrogens (tertiary/aromatic N) is 6. The van der Waals surface area contributed by atoms with Crippen molar-refractivity contribution in [3.63, 3.8) is 0 Å². The van der Waals surface area contributed by atoms with Gasteiger partial charge in [-0.05, 0) is 33.0 Å². The molecular weight excluding hydrogens is 470 g/mol. The zero-order chi connectivity index (χ0) is 26.1. The zero-order valence-corrected chi connectivity index (χ0v) is 21.8. The van der Waals surface area contributed by atoms with Crippen LogP contribution in [0.15, 0.2) is 42.9 Å². The van der Waals surface area contributed by atoms with Crippen LogP contribution in [0.2, 0.25) is 0 Å². The van der Waals surface area contributed by atoms with E-state index in [1.807, 2.05) is 44.4 Å². The second kappa shape index (κ2) is 10.2. The number of rotatable bonds is 7. The van der Waals surface area contributed by atoms with Crippen LogP contribution in [0, 0.1) is 0 Å². The second-order valence-electron chi connectivity index (χ2n) is 9.54. The van der Waals surface area contributed by atoms with Gasteiger partial charge in [-0.3, -0.25) is 14.4 Å². The largest absolute Gasteiger partial charge is 0.478 e. The first-order valence-corrected chi connectivity index (χ1v) is 12.4. The van der Waals surface area contributed by atoms with Gasteiger partial charge in [0.25, 0.3) is 5.88 Å². The van der Waals surface area contributed by atoms with Crippen molar-refractivity contribution in [3.05, 3.63) is 42.9 Å². The van der Waals surface area contributed by atoms with Crippen LogP contribution in [-0.4, -0.2) is 86.3 Å². The third-order valence-electron chi connectivity index (χ3n) is 7.06. The highest BCUT2D eigenvalue weighted by atomic mass is 16.5. The molecule has 0 aliphatic carbocycles. The molecule has 0 spiro atoms. The Morgan fingerprint density at radius 2 is 2.05 bits per heavy atom. The van der Waals surface area contributed by atoms with Gasteiger partial charge in [0.15, 0.2) is 0 Å². The van der Waals surface area contributed by atoms with E-state index in [0.717, 1.165) is 47.5 Å². The minimum absolute atomic E-state index is 0.0145. The Hall–Kier alpha value is -3.96. The summed E-state index contributed by atoms with van der Waals surface area (Å²) in [6, 6.07) is 7.93. The molecule has 194 valence electrons. The molecule has 0 unspecified atom stereocenters. The molecule has 5 rings (SSSR count). The maximum absolute atomic E-state index is 13.2. The van der Waals surface area contributed by atoms with Crippen molar-refractivity contribution in [3.8, 4) is 17.1 Å². The molecule has 0 bridgehead atoms. The lowest BCUT2D eigenvalue weighted by molar-refractivity contribution is -0.121. The molecule has 1 aliphatic heterocycles. The second-order valence-corrected chi connectivity index (χ2v) is 9.54. The predicted molar refractivity (Wildman–Crippen MR) is 144 cm³/mol. The topological polar surface area (TPSA) is 116 Å². The summed E-state index contributed by atoms with van der Waals surface area (Å²) in [5, 5.41) is 11.5. The quantitative estimate of drug-likeness (QED) is 0.352. The smallest absolute Gasteiger partial charge is 0.256 e. The number of carbonyl (C=O) groups excluding carboxylic acids is 1. The Labute approximate surface area is 215 Å². The van der Waals surface area contributed by atoms with E-state index in [-0.39, 0.29) is 11.9 Å². The maximum atomic E-state index is 13.2. The molecule has 11 nitrogen and oxygen atoms in total. The van der Waals surface area contributed by atoms with Gasteiger partial charge in [-0.25, -0.2) is 9.97 Å². The molecule has 3 aromatic heterocycles. The van der Waals surface area contributed by atoms with Gasteiger partial charge in [0.05, 0.1) is 36.2 Å². The number of para-hydroxylation sites is 1. The molecule has 1 fully saturated rings. The zero-order valence-electron chi connectivity index (χ0n) is 21.8. The van der Waals surface area contributed by atoms with Crippen LogP contribution in [0.1, 0.15) is 13.8 Å². The van der Waals surface area contributed by atoms with Crippen LogP contribution in [0.4, 0.5) is 17.3 Å². The van der Waals surface area contributed by atoms with Gasteiger partial charge in [-0.15, -0.1) is 5.10 Å². The van der Waals surface area contributed by atoms with Crippen LogP contribution in [0.3, 0.4) is 0 Å². The minimum atomic E-state index is -0.221. The fraction of sp³-hybridized carbons (Fsp3) is 0.385. The number of fused-ring (bicyclic) bond motifs is 1. The highest BCUT2D eigenvalue weighted by molar-refractivity contribution is 6.06. The van der Waals surface area contributed by atoms with E-state index in [2.05, 4.69) is 49.5 Å². The average Bonchev–Trinajstić information content (AvgIpc) is 3.49. The van der Waals surface area contributed by atoms with Crippen LogP contribution >= 0.6 is 0 Å². The van der Waals surface area contributed by atoms with E-state index < -0.39 is 0 Å². The fourth-order valence-corrected chi connectivity index (χ4v) is 4.70. The summed E-state index contributed by atoms with van der Waals surface area (Å²) >= 11 is 0. The summed E-state index contributed by atoms with van der Waals surface area (Å²) in [5.74, 6) is 0.876. The summed E-state index contributed by atoms with van der Waals surface area (Å²) in [7, 11) is 5.52. The van der Waals surface area contributed by atoms with E-state index in [4.69, 9.17) is 9.72 Å². The number of aromatic amines is 1. The number of ether oxygens (including phenoxy) is 1. The number of hydrogen-bond donors (Lipinski definition) is 3. The molecule has 1 saturated heterocycles. The first-order valence-electron chi connectivity index (χ1n) is 12.4. The Kier molecular flexibility index (Phi) is 6.81. The molecule has 4 aromatic rings. The number of nitrogens with one attached hydrogen (secondary N) is 3. The van der Waals surface area contributed by atoms with Crippen LogP contribution in [-0.2, 0) is 11.8 Å². The SMILES string of the molecule is COc1nn(C)cc1Nc1nccc(-c2c[nH]c3c(NC(=O)[C@@H](C)N4CCN(C)[C@@H](C)C4)cccc23)n1. The monoisotopic (exact) mass is 503 g/mol. The molecule has 0 radical (unpaired) electrons. The number of H-pyrrole nitrogens is 1. The molecule has 0 saturated carbocycles. The normalized spacial score (nSPS) is 17.6. The summed E-state index contributed by atoms with van der Waals surface area (Å²) in [4.78, 5) is 30.1. The van der Waals surface area contributed by atoms with Gasteiger partial charge in [-0.1, -0.05) is 12.1 Å². The molecule has 2 atom stereocenters. The number of likely N-dealkylation sites (N-methyl/N-ethyl adjacent to an activating group) is 1. The van der Waals surface area contributed by atoms with Crippen molar-refractivity contribution >= 4 is 34.1 Å². The molecule has 3 N–H and O–H groups in total. The van der Waals surface area contributed by atoms with Gasteiger partial charge in [0, 0.05) is 56.1 Å². The Balaban J connectivity index is 1.36. The molecule has 4 heterocycles. The lowest BCUT2D eigenvalue weighted by atomic mass is 10.1. The Morgan fingerprint density at radius 1 is 1.22 bits per heavy atom. The standard InChI is InChI=1S/C26H33N9O2/c1-16-14-35(12-11-33(16)3)17(2)24(36)29-21-8-6-7-18-19(13-28-23(18)21)20-9-10-27-26(30-20)31-22-15-34(4)32-25(22)37-5/h6-10,13,15-17,28H,11-12,14H2,1-5H3,(H,29,36)(H,27,30,31)/t16-,17+/m0/s1. The first-order chi connectivity index (χ1) is 17.8. The van der Waals surface area contributed by atoms with Crippen molar-refractivity contribution in [1.82, 2.24) is 34.5 Å². The van der Waals surface area contributed by atoms with Crippen LogP contribution in [0.25, 0.3) is 22.2 Å². The van der Waals surface area contributed by atoms with Crippen molar-refractivity contribution in [1.29, 1.82) is 0 Å². The predicted octanol–water partition coefficient (Wildman–Crippen LogP) is 3.07. The van der Waals surface area contributed by atoms with Gasteiger partial charge in [-0.2, -0.15) is 0 Å². The van der Waals surface area contributed by atoms with Gasteiger partial charge < -0.3 is 25.3 Å². The van der Waals surface area contributed by atoms with Crippen molar-refractivity contribution in [2.45, 2.75) is 25.9 Å². The number of aryl methyl sites for hydroxylation is 1. The highest BCUT2D eigenvalue weighted by Gasteiger charge is 2.28. The number of carbonyl (C=O) groups is 1. The molecule has 11 heteroatoms. The van der Waals surface area contributed by atoms with Crippen molar-refractivity contribution in [2.75, 3.05) is 44.4 Å². The molecule has 1 aromatic carbocycles. The van der Waals surface area contributed by atoms with Crippen molar-refractivity contribution < 1.29 is 9.53 Å². The van der Waals surface area contributed by atoms with Crippen molar-refractivity contribution in [2.24, 2.45) is 7.05 Å². The first kappa shape index (κ1) is 24.7. The third-order valence-corrected chi connectivity index (χ3v) is 7.06. The number of aromatic nitrogens is 5. The minimum Gasteiger partial charge on any atom is -0.478 e. The van der Waals surface area contributed by atoms with Gasteiger partial charge in [0.1, 0.15) is 5.69 Å². The summed E-state index contributed by atoms with van der Waals surface area (Å²) < 4.78 is 6.97.